The molecule has 0 radical (unpaired) electrons. The normalized spacial score (nSPS) is 26.0. The Morgan fingerprint density at radius 3 is 2.00 bits per heavy atom. The quantitative estimate of drug-likeness (QED) is 0.166. The van der Waals surface area contributed by atoms with Gasteiger partial charge in [-0.15, -0.1) is 0 Å². The summed E-state index contributed by atoms with van der Waals surface area (Å²) in [5, 5.41) is 5.10. The van der Waals surface area contributed by atoms with E-state index < -0.39 is 0 Å². The summed E-state index contributed by atoms with van der Waals surface area (Å²) >= 11 is 0. The molecule has 0 bridgehead atoms. The summed E-state index contributed by atoms with van der Waals surface area (Å²) in [6.45, 7) is 0. The number of nitrogens with zero attached hydrogens (tertiary/aromatic N) is 1. The lowest BCUT2D eigenvalue weighted by Gasteiger charge is -2.92. The molecular formula is C61H49NO. The summed E-state index contributed by atoms with van der Waals surface area (Å²) in [4.78, 5) is 2.59. The lowest BCUT2D eigenvalue weighted by atomic mass is 9.11. The van der Waals surface area contributed by atoms with Crippen molar-refractivity contribution in [2.24, 2.45) is 29.1 Å². The topological polar surface area (TPSA) is 16.4 Å². The number of benzene rings is 8. The van der Waals surface area contributed by atoms with Gasteiger partial charge in [-0.25, -0.2) is 0 Å². The number of fused-ring (bicyclic) bond motifs is 11. The van der Waals surface area contributed by atoms with Crippen LogP contribution in [0.25, 0.3) is 66.1 Å². The van der Waals surface area contributed by atoms with E-state index >= 15 is 0 Å². The van der Waals surface area contributed by atoms with Crippen molar-refractivity contribution in [1.29, 1.82) is 0 Å². The second-order valence-electron chi connectivity index (χ2n) is 20.1. The predicted octanol–water partition coefficient (Wildman–Crippen LogP) is 16.5. The predicted molar refractivity (Wildman–Crippen MR) is 259 cm³/mol. The Morgan fingerprint density at radius 2 is 1.16 bits per heavy atom. The first-order chi connectivity index (χ1) is 31.2. The number of para-hydroxylation sites is 2. The van der Waals surface area contributed by atoms with Crippen LogP contribution >= 0.6 is 0 Å². The molecule has 0 amide bonds. The highest BCUT2D eigenvalue weighted by atomic mass is 16.3. The standard InChI is InChI=1S/C61H49NO/c1-2-12-38(13-3-1)45-19-10-14-39-15-11-20-51(59(39)45)48-17-5-8-22-54(48)62(43-27-24-37(25-28-43)40-26-30-50-49-18-6-9-23-55(49)63-56(50)32-40)44-29-31-47-46-16-4-7-21-52(46)61(53(47)36-44)57-34-41-33-42-35-58(61)60(41,42)57/h4-11,14-32,36,38,41-42,57-58H,1-3,12-13,33-35H2. The summed E-state index contributed by atoms with van der Waals surface area (Å²) < 4.78 is 6.35. The minimum atomic E-state index is 0.143. The van der Waals surface area contributed by atoms with Crippen molar-refractivity contribution in [3.63, 3.8) is 0 Å². The van der Waals surface area contributed by atoms with Gasteiger partial charge >= 0.3 is 0 Å². The highest BCUT2D eigenvalue weighted by Gasteiger charge is 2.90. The zero-order chi connectivity index (χ0) is 41.0. The third-order valence-corrected chi connectivity index (χ3v) is 18.0. The largest absolute Gasteiger partial charge is 0.456 e. The fraction of sp³-hybridized carbons (Fsp3) is 0.246. The summed E-state index contributed by atoms with van der Waals surface area (Å²) in [6.07, 6.45) is 10.9. The summed E-state index contributed by atoms with van der Waals surface area (Å²) in [5.74, 6) is 4.12. The van der Waals surface area contributed by atoms with E-state index in [0.717, 1.165) is 45.8 Å². The van der Waals surface area contributed by atoms with Gasteiger partial charge in [0.15, 0.2) is 0 Å². The van der Waals surface area contributed by atoms with Gasteiger partial charge in [0.25, 0.3) is 0 Å². The molecule has 8 aromatic carbocycles. The maximum absolute atomic E-state index is 6.35. The Hall–Kier alpha value is -6.38. The van der Waals surface area contributed by atoms with Crippen molar-refractivity contribution < 1.29 is 4.42 Å². The fourth-order valence-corrected chi connectivity index (χ4v) is 15.5. The molecule has 4 atom stereocenters. The smallest absolute Gasteiger partial charge is 0.136 e. The van der Waals surface area contributed by atoms with Gasteiger partial charge in [-0.3, -0.25) is 0 Å². The van der Waals surface area contributed by atoms with Crippen LogP contribution in [-0.4, -0.2) is 0 Å². The molecule has 6 aliphatic carbocycles. The van der Waals surface area contributed by atoms with E-state index in [4.69, 9.17) is 4.42 Å². The summed E-state index contributed by atoms with van der Waals surface area (Å²) in [6, 6.07) is 64.7. The lowest BCUT2D eigenvalue weighted by Crippen LogP contribution is -2.88. The third-order valence-electron chi connectivity index (χ3n) is 18.0. The molecule has 1 heterocycles. The second kappa shape index (κ2) is 12.6. The Balaban J connectivity index is 0.915. The van der Waals surface area contributed by atoms with Crippen molar-refractivity contribution in [2.45, 2.75) is 62.7 Å². The van der Waals surface area contributed by atoms with Gasteiger partial charge in [-0.1, -0.05) is 141 Å². The van der Waals surface area contributed by atoms with Crippen molar-refractivity contribution in [3.05, 3.63) is 187 Å². The summed E-state index contributed by atoms with van der Waals surface area (Å²) in [7, 11) is 0. The monoisotopic (exact) mass is 811 g/mol. The Labute approximate surface area is 369 Å². The molecule has 0 N–H and O–H groups in total. The van der Waals surface area contributed by atoms with Crippen LogP contribution in [0, 0.1) is 29.1 Å². The molecular weight excluding hydrogens is 763 g/mol. The van der Waals surface area contributed by atoms with Gasteiger partial charge in [0.1, 0.15) is 11.2 Å². The van der Waals surface area contributed by atoms with Gasteiger partial charge in [0, 0.05) is 33.1 Å². The molecule has 5 saturated carbocycles. The van der Waals surface area contributed by atoms with Crippen LogP contribution in [0.2, 0.25) is 0 Å². The van der Waals surface area contributed by atoms with Gasteiger partial charge < -0.3 is 9.32 Å². The first kappa shape index (κ1) is 35.1. The maximum Gasteiger partial charge on any atom is 0.136 e. The minimum Gasteiger partial charge on any atom is -0.456 e. The van der Waals surface area contributed by atoms with E-state index in [0.29, 0.717) is 11.3 Å². The number of furan rings is 1. The molecule has 0 saturated heterocycles. The van der Waals surface area contributed by atoms with Gasteiger partial charge in [0.2, 0.25) is 0 Å². The SMILES string of the molecule is c1ccc(N(c2ccc(-c3ccc4c(c3)oc3ccccc34)cc2)c2ccc3c(c2)C2(c4ccccc4-3)C3CC4CC5CC2C453)c(-c2cccc3cccc(C4CCCCC4)c23)c1. The van der Waals surface area contributed by atoms with Crippen LogP contribution in [0.1, 0.15) is 74.0 Å². The van der Waals surface area contributed by atoms with Crippen LogP contribution < -0.4 is 4.90 Å². The average molecular weight is 812 g/mol. The fourth-order valence-electron chi connectivity index (χ4n) is 15.5. The van der Waals surface area contributed by atoms with E-state index in [1.54, 1.807) is 11.1 Å². The van der Waals surface area contributed by atoms with E-state index in [-0.39, 0.29) is 5.41 Å². The van der Waals surface area contributed by atoms with Gasteiger partial charge in [0.05, 0.1) is 5.69 Å². The number of anilines is 3. The highest BCUT2D eigenvalue weighted by molar-refractivity contribution is 6.06. The molecule has 2 spiro atoms. The van der Waals surface area contributed by atoms with Crippen LogP contribution in [0.5, 0.6) is 0 Å². The summed E-state index contributed by atoms with van der Waals surface area (Å²) in [5.41, 5.74) is 18.9. The molecule has 5 fully saturated rings. The number of rotatable bonds is 6. The first-order valence-corrected chi connectivity index (χ1v) is 23.9. The molecule has 15 rings (SSSR count). The zero-order valence-electron chi connectivity index (χ0n) is 35.6. The number of hydrogen-bond donors (Lipinski definition) is 0. The molecule has 0 aliphatic heterocycles. The van der Waals surface area contributed by atoms with E-state index in [9.17, 15) is 0 Å². The average Bonchev–Trinajstić information content (AvgIpc) is 3.84. The first-order valence-electron chi connectivity index (χ1n) is 23.9. The Kier molecular flexibility index (Phi) is 7.04. The van der Waals surface area contributed by atoms with Gasteiger partial charge in [-0.05, 0) is 171 Å². The second-order valence-corrected chi connectivity index (χ2v) is 20.1. The molecule has 63 heavy (non-hydrogen) atoms. The van der Waals surface area contributed by atoms with Crippen molar-refractivity contribution >= 4 is 49.8 Å². The van der Waals surface area contributed by atoms with E-state index in [2.05, 4.69) is 169 Å². The lowest BCUT2D eigenvalue weighted by molar-refractivity contribution is -0.412. The van der Waals surface area contributed by atoms with Crippen molar-refractivity contribution in [1.82, 2.24) is 0 Å². The Bertz CT molecular complexity index is 3340. The van der Waals surface area contributed by atoms with E-state index in [1.165, 1.54) is 118 Å². The van der Waals surface area contributed by atoms with E-state index in [1.807, 2.05) is 6.07 Å². The van der Waals surface area contributed by atoms with Crippen molar-refractivity contribution in [3.8, 4) is 33.4 Å². The molecule has 6 aliphatic rings. The highest BCUT2D eigenvalue weighted by Crippen LogP contribution is 2.94. The van der Waals surface area contributed by atoms with Crippen LogP contribution in [0.15, 0.2) is 174 Å². The maximum atomic E-state index is 6.35. The molecule has 9 aromatic rings. The van der Waals surface area contributed by atoms with Crippen LogP contribution in [0.4, 0.5) is 17.1 Å². The molecule has 1 aromatic heterocycles. The third kappa shape index (κ3) is 4.40. The molecule has 2 nitrogen and oxygen atoms in total. The van der Waals surface area contributed by atoms with Crippen LogP contribution in [0.3, 0.4) is 0 Å². The Morgan fingerprint density at radius 1 is 0.476 bits per heavy atom. The molecule has 304 valence electrons. The molecule has 4 unspecified atom stereocenters. The van der Waals surface area contributed by atoms with Crippen LogP contribution in [-0.2, 0) is 5.41 Å². The molecule has 2 heteroatoms. The van der Waals surface area contributed by atoms with Crippen molar-refractivity contribution in [2.75, 3.05) is 4.90 Å². The number of hydrogen-bond acceptors (Lipinski definition) is 2. The minimum absolute atomic E-state index is 0.143. The van der Waals surface area contributed by atoms with Gasteiger partial charge in [-0.2, -0.15) is 0 Å². The zero-order valence-corrected chi connectivity index (χ0v) is 35.6.